The van der Waals surface area contributed by atoms with Crippen molar-refractivity contribution < 1.29 is 36.9 Å². The molecule has 0 aliphatic carbocycles. The number of hydrogen-bond acceptors (Lipinski definition) is 2. The maximum atomic E-state index is 8.24. The summed E-state index contributed by atoms with van der Waals surface area (Å²) >= 11 is 0. The molecule has 0 aromatic carbocycles. The third-order valence-electron chi connectivity index (χ3n) is 0. The van der Waals surface area contributed by atoms with Gasteiger partial charge in [-0.3, -0.25) is 9.59 Å². The average Bonchev–Trinajstić information content (AvgIpc) is 1.39. The summed E-state index contributed by atoms with van der Waals surface area (Å²) in [4.78, 5) is 16.5. The third kappa shape index (κ3) is 762. The molecular formula is C2CdN2O2. The first kappa shape index (κ1) is 15.9. The first-order valence-electron chi connectivity index (χ1n) is 0.855. The van der Waals surface area contributed by atoms with Gasteiger partial charge in [-0.25, -0.2) is 0 Å². The van der Waals surface area contributed by atoms with Gasteiger partial charge in [0, 0.05) is 0 Å². The maximum Gasteiger partial charge on any atom is 2.00 e. The minimum atomic E-state index is 0. The van der Waals surface area contributed by atoms with Crippen LogP contribution in [0.25, 0.3) is 10.8 Å². The summed E-state index contributed by atoms with van der Waals surface area (Å²) in [7, 11) is 0. The smallest absolute Gasteiger partial charge is 0.724 e. The Balaban J connectivity index is -0.0000000400. The predicted octanol–water partition coefficient (Wildman–Crippen LogP) is -0.219. The Kier molecular flexibility index (Phi) is 100. The van der Waals surface area contributed by atoms with E-state index in [1.54, 1.807) is 0 Å². The molecule has 0 saturated heterocycles. The van der Waals surface area contributed by atoms with E-state index in [9.17, 15) is 0 Å². The molecular weight excluding hydrogens is 196 g/mol. The van der Waals surface area contributed by atoms with Crippen molar-refractivity contribution >= 4 is 12.2 Å². The van der Waals surface area contributed by atoms with E-state index in [1.807, 2.05) is 0 Å². The zero-order chi connectivity index (χ0) is 5.41. The van der Waals surface area contributed by atoms with Crippen LogP contribution in [0.1, 0.15) is 0 Å². The van der Waals surface area contributed by atoms with Gasteiger partial charge in [0.1, 0.15) is 0 Å². The molecule has 0 aliphatic rings. The molecule has 0 spiro atoms. The first-order valence-corrected chi connectivity index (χ1v) is 0.855. The Hall–Kier alpha value is -0.318. The standard InChI is InChI=1S/2CNO.Cd/c2*2-1-3;/q2*-1;+2. The summed E-state index contributed by atoms with van der Waals surface area (Å²) in [5.74, 6) is 0. The second-order valence-electron chi connectivity index (χ2n) is 0.183. The van der Waals surface area contributed by atoms with Crippen LogP contribution in [0.3, 0.4) is 0 Å². The topological polar surface area (TPSA) is 78.7 Å². The van der Waals surface area contributed by atoms with Crippen molar-refractivity contribution in [1.29, 1.82) is 0 Å². The summed E-state index contributed by atoms with van der Waals surface area (Å²) in [5.41, 5.74) is 0. The molecule has 5 heteroatoms. The summed E-state index contributed by atoms with van der Waals surface area (Å²) in [5, 5.41) is 13.5. The number of isocyanates is 2. The zero-order valence-electron chi connectivity index (χ0n) is 3.42. The van der Waals surface area contributed by atoms with Gasteiger partial charge in [-0.1, -0.05) is 0 Å². The molecule has 0 unspecified atom stereocenters. The normalized spacial score (nSPS) is 2.29. The van der Waals surface area contributed by atoms with Gasteiger partial charge in [-0.15, -0.1) is 0 Å². The van der Waals surface area contributed by atoms with Gasteiger partial charge in [0.2, 0.25) is 0 Å². The monoisotopic (exact) mass is 198 g/mol. The Labute approximate surface area is 60.1 Å². The number of carbonyl (C=O) groups excluding carboxylic acids is 2. The summed E-state index contributed by atoms with van der Waals surface area (Å²) < 4.78 is 0. The number of rotatable bonds is 0. The molecule has 0 bridgehead atoms. The molecule has 0 atom stereocenters. The maximum absolute atomic E-state index is 8.24. The van der Waals surface area contributed by atoms with Crippen LogP contribution in [0.15, 0.2) is 0 Å². The Morgan fingerprint density at radius 2 is 1.00 bits per heavy atom. The van der Waals surface area contributed by atoms with Crippen LogP contribution in [-0.4, -0.2) is 12.2 Å². The van der Waals surface area contributed by atoms with Crippen LogP contribution in [0.5, 0.6) is 0 Å². The summed E-state index contributed by atoms with van der Waals surface area (Å²) in [6, 6.07) is 0. The van der Waals surface area contributed by atoms with Crippen molar-refractivity contribution in [1.82, 2.24) is 0 Å². The van der Waals surface area contributed by atoms with Crippen LogP contribution in [0, 0.1) is 0 Å². The predicted molar refractivity (Wildman–Crippen MR) is 18.1 cm³/mol. The van der Waals surface area contributed by atoms with Gasteiger partial charge in [-0.05, 0) is 12.2 Å². The largest absolute Gasteiger partial charge is 2.00 e. The molecule has 4 nitrogen and oxygen atoms in total. The van der Waals surface area contributed by atoms with Crippen LogP contribution < -0.4 is 0 Å². The fraction of sp³-hybridized carbons (Fsp3) is 0. The van der Waals surface area contributed by atoms with E-state index in [2.05, 4.69) is 0 Å². The van der Waals surface area contributed by atoms with E-state index >= 15 is 0 Å². The van der Waals surface area contributed by atoms with Crippen LogP contribution in [0.4, 0.5) is 0 Å². The SMILES string of the molecule is [Cd+2].[N-]=C=O.[N-]=C=O. The Morgan fingerprint density at radius 3 is 1.00 bits per heavy atom. The molecule has 0 N–H and O–H groups in total. The molecule has 0 rings (SSSR count). The molecule has 0 amide bonds. The number of hydrogen-bond donors (Lipinski definition) is 0. The third-order valence-corrected chi connectivity index (χ3v) is 0. The van der Waals surface area contributed by atoms with Crippen LogP contribution in [-0.2, 0) is 36.9 Å². The second kappa shape index (κ2) is 44.0. The molecule has 0 aliphatic heterocycles. The Morgan fingerprint density at radius 1 is 1.00 bits per heavy atom. The van der Waals surface area contributed by atoms with E-state index < -0.39 is 0 Å². The van der Waals surface area contributed by atoms with E-state index in [-0.39, 0.29) is 27.3 Å². The van der Waals surface area contributed by atoms with E-state index in [4.69, 9.17) is 20.4 Å². The van der Waals surface area contributed by atoms with Gasteiger partial charge in [0.25, 0.3) is 0 Å². The summed E-state index contributed by atoms with van der Waals surface area (Å²) in [6.07, 6.45) is 1.00. The minimum Gasteiger partial charge on any atom is -0.724 e. The Bertz CT molecular complexity index is 67.7. The quantitative estimate of drug-likeness (QED) is 0.305. The number of nitrogens with zero attached hydrogens (tertiary/aromatic N) is 2. The van der Waals surface area contributed by atoms with Crippen molar-refractivity contribution in [2.24, 2.45) is 0 Å². The fourth-order valence-electron chi connectivity index (χ4n) is 0. The molecule has 0 radical (unpaired) electrons. The van der Waals surface area contributed by atoms with Crippen LogP contribution in [0.2, 0.25) is 0 Å². The molecule has 0 fully saturated rings. The molecule has 0 aromatic heterocycles. The first-order chi connectivity index (χ1) is 2.83. The molecule has 32 valence electrons. The van der Waals surface area contributed by atoms with Gasteiger partial charge in [0.15, 0.2) is 0 Å². The van der Waals surface area contributed by atoms with Gasteiger partial charge >= 0.3 is 27.3 Å². The molecule has 7 heavy (non-hydrogen) atoms. The van der Waals surface area contributed by atoms with Crippen molar-refractivity contribution in [3.63, 3.8) is 0 Å². The molecule has 0 heterocycles. The van der Waals surface area contributed by atoms with Crippen molar-refractivity contribution in [3.05, 3.63) is 10.8 Å². The van der Waals surface area contributed by atoms with Crippen LogP contribution >= 0.6 is 0 Å². The van der Waals surface area contributed by atoms with Gasteiger partial charge in [-0.2, -0.15) is 0 Å². The minimum absolute atomic E-state index is 0. The van der Waals surface area contributed by atoms with Gasteiger partial charge in [0.05, 0.1) is 0 Å². The van der Waals surface area contributed by atoms with Gasteiger partial charge < -0.3 is 10.8 Å². The van der Waals surface area contributed by atoms with E-state index in [0.29, 0.717) is 12.2 Å². The molecule has 0 saturated carbocycles. The van der Waals surface area contributed by atoms with Crippen molar-refractivity contribution in [2.75, 3.05) is 0 Å². The van der Waals surface area contributed by atoms with Crippen molar-refractivity contribution in [3.8, 4) is 0 Å². The van der Waals surface area contributed by atoms with E-state index in [1.165, 1.54) is 0 Å². The summed E-state index contributed by atoms with van der Waals surface area (Å²) in [6.45, 7) is 0. The van der Waals surface area contributed by atoms with E-state index in [0.717, 1.165) is 0 Å². The second-order valence-corrected chi connectivity index (χ2v) is 0.183. The molecule has 0 aromatic rings. The van der Waals surface area contributed by atoms with Crippen molar-refractivity contribution in [2.45, 2.75) is 0 Å². The average molecular weight is 196 g/mol. The fourth-order valence-corrected chi connectivity index (χ4v) is 0. The zero-order valence-corrected chi connectivity index (χ0v) is 7.45.